The van der Waals surface area contributed by atoms with Crippen molar-refractivity contribution in [2.45, 2.75) is 17.1 Å². The van der Waals surface area contributed by atoms with E-state index in [0.29, 0.717) is 0 Å². The number of aryl methyl sites for hydroxylation is 1. The van der Waals surface area contributed by atoms with Crippen molar-refractivity contribution in [2.24, 2.45) is 7.05 Å². The van der Waals surface area contributed by atoms with E-state index in [4.69, 9.17) is 5.73 Å². The number of aromatic nitrogens is 5. The molecule has 16 heavy (non-hydrogen) atoms. The third-order valence-electron chi connectivity index (χ3n) is 1.97. The molecule has 0 fully saturated rings. The van der Waals surface area contributed by atoms with Crippen molar-refractivity contribution in [1.82, 2.24) is 24.7 Å². The summed E-state index contributed by atoms with van der Waals surface area (Å²) in [5.74, 6) is 1.09. The Hall–Kier alpha value is -1.15. The highest BCUT2D eigenvalue weighted by Gasteiger charge is 2.11. The van der Waals surface area contributed by atoms with Crippen LogP contribution in [0.3, 0.4) is 0 Å². The summed E-state index contributed by atoms with van der Waals surface area (Å²) in [5.41, 5.74) is 5.53. The Morgan fingerprint density at radius 2 is 2.19 bits per heavy atom. The zero-order valence-corrected chi connectivity index (χ0v) is 11.1. The number of hydrogen-bond donors (Lipinski definition) is 1. The van der Waals surface area contributed by atoms with Gasteiger partial charge in [0, 0.05) is 13.2 Å². The van der Waals surface area contributed by atoms with Crippen molar-refractivity contribution in [3.63, 3.8) is 0 Å². The summed E-state index contributed by atoms with van der Waals surface area (Å²) in [6.07, 6.45) is 1.62. The number of nitrogens with zero attached hydrogens (tertiary/aromatic N) is 5. The molecule has 8 heteroatoms. The maximum atomic E-state index is 5.53. The zero-order valence-electron chi connectivity index (χ0n) is 8.68. The van der Waals surface area contributed by atoms with E-state index in [1.807, 2.05) is 18.5 Å². The predicted molar refractivity (Wildman–Crippen MR) is 64.0 cm³/mol. The van der Waals surface area contributed by atoms with Crippen molar-refractivity contribution in [2.75, 3.05) is 5.73 Å². The normalized spacial score (nSPS) is 10.7. The molecule has 2 heterocycles. The van der Waals surface area contributed by atoms with Crippen LogP contribution in [0.15, 0.2) is 20.9 Å². The van der Waals surface area contributed by atoms with Gasteiger partial charge in [-0.05, 0) is 34.6 Å². The van der Waals surface area contributed by atoms with Crippen LogP contribution >= 0.6 is 27.7 Å². The molecule has 2 aromatic rings. The van der Waals surface area contributed by atoms with Crippen LogP contribution in [0.25, 0.3) is 0 Å². The molecule has 0 spiro atoms. The maximum Gasteiger partial charge on any atom is 0.221 e. The minimum absolute atomic E-state index is 0.240. The SMILES string of the molecule is Cc1nnc(Sc2nc(N)ncc2Br)n1C. The van der Waals surface area contributed by atoms with Gasteiger partial charge in [0.25, 0.3) is 0 Å². The largest absolute Gasteiger partial charge is 0.368 e. The smallest absolute Gasteiger partial charge is 0.221 e. The lowest BCUT2D eigenvalue weighted by atomic mass is 10.7. The van der Waals surface area contributed by atoms with Crippen LogP contribution < -0.4 is 5.73 Å². The second kappa shape index (κ2) is 4.38. The summed E-state index contributed by atoms with van der Waals surface area (Å²) < 4.78 is 2.67. The van der Waals surface area contributed by atoms with Gasteiger partial charge < -0.3 is 10.3 Å². The molecule has 0 unspecified atom stereocenters. The van der Waals surface area contributed by atoms with Crippen LogP contribution in [-0.2, 0) is 7.05 Å². The van der Waals surface area contributed by atoms with E-state index < -0.39 is 0 Å². The van der Waals surface area contributed by atoms with E-state index in [0.717, 1.165) is 20.5 Å². The fraction of sp³-hybridized carbons (Fsp3) is 0.250. The van der Waals surface area contributed by atoms with Crippen LogP contribution in [0.2, 0.25) is 0 Å². The average Bonchev–Trinajstić information content (AvgIpc) is 2.55. The van der Waals surface area contributed by atoms with Crippen molar-refractivity contribution in [3.05, 3.63) is 16.5 Å². The first-order valence-corrected chi connectivity index (χ1v) is 6.00. The van der Waals surface area contributed by atoms with Gasteiger partial charge in [0.05, 0.1) is 4.47 Å². The molecule has 0 aliphatic heterocycles. The Balaban J connectivity index is 2.33. The number of anilines is 1. The second-order valence-electron chi connectivity index (χ2n) is 3.07. The first kappa shape index (κ1) is 11.3. The van der Waals surface area contributed by atoms with Gasteiger partial charge in [-0.3, -0.25) is 0 Å². The van der Waals surface area contributed by atoms with Crippen molar-refractivity contribution in [1.29, 1.82) is 0 Å². The van der Waals surface area contributed by atoms with Crippen LogP contribution in [0, 0.1) is 6.92 Å². The molecule has 0 saturated carbocycles. The number of nitrogens with two attached hydrogens (primary N) is 1. The third-order valence-corrected chi connectivity index (χ3v) is 3.86. The first-order chi connectivity index (χ1) is 7.58. The van der Waals surface area contributed by atoms with Gasteiger partial charge in [-0.2, -0.15) is 0 Å². The number of nitrogen functional groups attached to an aromatic ring is 1. The molecule has 0 amide bonds. The van der Waals surface area contributed by atoms with E-state index in [1.54, 1.807) is 6.20 Å². The molecule has 0 atom stereocenters. The van der Waals surface area contributed by atoms with E-state index in [-0.39, 0.29) is 5.95 Å². The van der Waals surface area contributed by atoms with E-state index in [1.165, 1.54) is 11.8 Å². The van der Waals surface area contributed by atoms with Crippen molar-refractivity contribution >= 4 is 33.6 Å². The topological polar surface area (TPSA) is 82.5 Å². The molecule has 0 saturated heterocycles. The highest BCUT2D eigenvalue weighted by Crippen LogP contribution is 2.30. The molecule has 0 aromatic carbocycles. The Kier molecular flexibility index (Phi) is 3.10. The van der Waals surface area contributed by atoms with Gasteiger partial charge >= 0.3 is 0 Å². The van der Waals surface area contributed by atoms with E-state index in [2.05, 4.69) is 36.1 Å². The summed E-state index contributed by atoms with van der Waals surface area (Å²) in [7, 11) is 1.90. The van der Waals surface area contributed by atoms with Gasteiger partial charge in [-0.15, -0.1) is 10.2 Å². The number of halogens is 1. The molecular weight excluding hydrogens is 292 g/mol. The molecule has 84 valence electrons. The van der Waals surface area contributed by atoms with Crippen molar-refractivity contribution < 1.29 is 0 Å². The van der Waals surface area contributed by atoms with Crippen LogP contribution in [0.5, 0.6) is 0 Å². The van der Waals surface area contributed by atoms with Crippen LogP contribution in [-0.4, -0.2) is 24.7 Å². The second-order valence-corrected chi connectivity index (χ2v) is 4.88. The minimum atomic E-state index is 0.240. The lowest BCUT2D eigenvalue weighted by Crippen LogP contribution is -1.98. The molecule has 2 rings (SSSR count). The molecule has 0 radical (unpaired) electrons. The highest BCUT2D eigenvalue weighted by molar-refractivity contribution is 9.10. The summed E-state index contributed by atoms with van der Waals surface area (Å²) >= 11 is 4.75. The van der Waals surface area contributed by atoms with Crippen LogP contribution in [0.4, 0.5) is 5.95 Å². The number of rotatable bonds is 2. The summed E-state index contributed by atoms with van der Waals surface area (Å²) in [4.78, 5) is 7.99. The van der Waals surface area contributed by atoms with Crippen LogP contribution in [0.1, 0.15) is 5.82 Å². The lowest BCUT2D eigenvalue weighted by Gasteiger charge is -2.03. The standard InChI is InChI=1S/C8H9BrN6S/c1-4-13-14-8(15(4)2)16-6-5(9)3-11-7(10)12-6/h3H,1-2H3,(H2,10,11,12). The predicted octanol–water partition coefficient (Wildman–Crippen LogP) is 1.41. The first-order valence-electron chi connectivity index (χ1n) is 4.40. The molecule has 6 nitrogen and oxygen atoms in total. The summed E-state index contributed by atoms with van der Waals surface area (Å²) in [5, 5.41) is 9.49. The monoisotopic (exact) mass is 300 g/mol. The van der Waals surface area contributed by atoms with Gasteiger partial charge in [0.2, 0.25) is 5.95 Å². The Morgan fingerprint density at radius 3 is 2.81 bits per heavy atom. The summed E-state index contributed by atoms with van der Waals surface area (Å²) in [6, 6.07) is 0. The van der Waals surface area contributed by atoms with Gasteiger partial charge in [-0.25, -0.2) is 9.97 Å². The van der Waals surface area contributed by atoms with Gasteiger partial charge in [0.1, 0.15) is 10.9 Å². The Labute approximate surface area is 105 Å². The van der Waals surface area contributed by atoms with E-state index >= 15 is 0 Å². The highest BCUT2D eigenvalue weighted by atomic mass is 79.9. The fourth-order valence-electron chi connectivity index (χ4n) is 0.999. The maximum absolute atomic E-state index is 5.53. The lowest BCUT2D eigenvalue weighted by molar-refractivity contribution is 0.764. The van der Waals surface area contributed by atoms with Gasteiger partial charge in [0.15, 0.2) is 5.16 Å². The van der Waals surface area contributed by atoms with E-state index in [9.17, 15) is 0 Å². The minimum Gasteiger partial charge on any atom is -0.368 e. The Bertz CT molecular complexity index is 525. The third kappa shape index (κ3) is 2.17. The fourth-order valence-corrected chi connectivity index (χ4v) is 2.25. The quantitative estimate of drug-likeness (QED) is 0.845. The molecule has 2 N–H and O–H groups in total. The number of hydrogen-bond acceptors (Lipinski definition) is 6. The molecule has 2 aromatic heterocycles. The zero-order chi connectivity index (χ0) is 11.7. The molecule has 0 bridgehead atoms. The molecule has 0 aliphatic rings. The molecule has 0 aliphatic carbocycles. The van der Waals surface area contributed by atoms with Gasteiger partial charge in [-0.1, -0.05) is 0 Å². The molecular formula is C8H9BrN6S. The summed E-state index contributed by atoms with van der Waals surface area (Å²) in [6.45, 7) is 1.89. The average molecular weight is 301 g/mol. The van der Waals surface area contributed by atoms with Crippen molar-refractivity contribution in [3.8, 4) is 0 Å². The Morgan fingerprint density at radius 1 is 1.44 bits per heavy atom.